The maximum Gasteiger partial charge on any atom is 0.410 e. The summed E-state index contributed by atoms with van der Waals surface area (Å²) < 4.78 is 16.6. The Bertz CT molecular complexity index is 1200. The van der Waals surface area contributed by atoms with Crippen LogP contribution in [0.5, 0.6) is 5.75 Å². The third-order valence-corrected chi connectivity index (χ3v) is 7.61. The Balaban J connectivity index is 1.40. The Hall–Kier alpha value is -2.84. The lowest BCUT2D eigenvalue weighted by Crippen LogP contribution is -2.48. The molecule has 2 bridgehead atoms. The van der Waals surface area contributed by atoms with Gasteiger partial charge in [-0.2, -0.15) is 0 Å². The molecule has 2 aromatic rings. The lowest BCUT2D eigenvalue weighted by Gasteiger charge is -2.41. The van der Waals surface area contributed by atoms with Gasteiger partial charge in [-0.3, -0.25) is 0 Å². The number of carbonyl (C=O) groups excluding carboxylic acids is 1. The zero-order chi connectivity index (χ0) is 26.3. The molecule has 0 N–H and O–H groups in total. The van der Waals surface area contributed by atoms with E-state index in [0.29, 0.717) is 16.7 Å². The number of halogens is 1. The van der Waals surface area contributed by atoms with Gasteiger partial charge in [0, 0.05) is 43.4 Å². The van der Waals surface area contributed by atoms with Crippen molar-refractivity contribution in [2.45, 2.75) is 64.1 Å². The van der Waals surface area contributed by atoms with Gasteiger partial charge in [0.1, 0.15) is 17.0 Å². The first-order valence-corrected chi connectivity index (χ1v) is 13.2. The minimum atomic E-state index is -0.491. The predicted octanol–water partition coefficient (Wildman–Crippen LogP) is 5.79. The summed E-state index contributed by atoms with van der Waals surface area (Å²) in [5.74, 6) is 0.934. The zero-order valence-electron chi connectivity index (χ0n) is 22.2. The number of amides is 1. The molecular formula is C28H35ClN4O4. The second kappa shape index (κ2) is 10.1. The highest BCUT2D eigenvalue weighted by atomic mass is 35.5. The molecule has 0 radical (unpaired) electrons. The van der Waals surface area contributed by atoms with Crippen LogP contribution < -0.4 is 9.64 Å². The van der Waals surface area contributed by atoms with Crippen LogP contribution in [0.1, 0.15) is 52.1 Å². The van der Waals surface area contributed by atoms with E-state index in [-0.39, 0.29) is 25.0 Å². The van der Waals surface area contributed by atoms with Crippen LogP contribution in [-0.2, 0) is 9.47 Å². The van der Waals surface area contributed by atoms with Gasteiger partial charge >= 0.3 is 6.09 Å². The van der Waals surface area contributed by atoms with Gasteiger partial charge in [-0.15, -0.1) is 10.2 Å². The number of aromatic nitrogens is 2. The molecule has 3 aliphatic heterocycles. The van der Waals surface area contributed by atoms with Crippen molar-refractivity contribution in [1.82, 2.24) is 15.1 Å². The molecule has 198 valence electrons. The molecule has 1 amide bonds. The SMILES string of the molecule is COCOc1cc(Cl)ccc1-c1cc2c(nn1)C([C@@H]1C[C@H]3CC[C@@H](C1)N3C(=O)OC(C)(C)C)=CCN2C. The Morgan fingerprint density at radius 3 is 2.54 bits per heavy atom. The molecule has 0 saturated carbocycles. The summed E-state index contributed by atoms with van der Waals surface area (Å²) in [4.78, 5) is 17.1. The fourth-order valence-electron chi connectivity index (χ4n) is 5.79. The quantitative estimate of drug-likeness (QED) is 0.456. The van der Waals surface area contributed by atoms with Gasteiger partial charge < -0.3 is 24.0 Å². The number of hydrogen-bond donors (Lipinski definition) is 0. The number of rotatable bonds is 5. The van der Waals surface area contributed by atoms with E-state index in [9.17, 15) is 4.79 Å². The molecule has 37 heavy (non-hydrogen) atoms. The zero-order valence-corrected chi connectivity index (χ0v) is 22.9. The van der Waals surface area contributed by atoms with Gasteiger partial charge in [-0.25, -0.2) is 4.79 Å². The van der Waals surface area contributed by atoms with Crippen LogP contribution >= 0.6 is 11.6 Å². The van der Waals surface area contributed by atoms with Crippen LogP contribution in [0.3, 0.4) is 0 Å². The molecule has 1 aromatic carbocycles. The molecule has 0 unspecified atom stereocenters. The minimum Gasteiger partial charge on any atom is -0.467 e. The minimum absolute atomic E-state index is 0.114. The molecule has 2 saturated heterocycles. The van der Waals surface area contributed by atoms with Crippen LogP contribution in [0.2, 0.25) is 5.02 Å². The lowest BCUT2D eigenvalue weighted by atomic mass is 9.81. The van der Waals surface area contributed by atoms with Gasteiger partial charge in [0.15, 0.2) is 6.79 Å². The Labute approximate surface area is 223 Å². The number of benzene rings is 1. The van der Waals surface area contributed by atoms with E-state index < -0.39 is 5.60 Å². The molecule has 2 fully saturated rings. The maximum atomic E-state index is 12.9. The first kappa shape index (κ1) is 25.8. The van der Waals surface area contributed by atoms with Crippen LogP contribution in [0.15, 0.2) is 30.3 Å². The molecule has 1 aromatic heterocycles. The highest BCUT2D eigenvalue weighted by molar-refractivity contribution is 6.30. The number of anilines is 1. The lowest BCUT2D eigenvalue weighted by molar-refractivity contribution is 0.00489. The van der Waals surface area contributed by atoms with Crippen LogP contribution in [0.4, 0.5) is 10.5 Å². The first-order chi connectivity index (χ1) is 17.6. The van der Waals surface area contributed by atoms with E-state index in [2.05, 4.69) is 29.2 Å². The summed E-state index contributed by atoms with van der Waals surface area (Å²) in [6.45, 7) is 6.67. The van der Waals surface area contributed by atoms with Crippen LogP contribution in [0.25, 0.3) is 16.8 Å². The number of carbonyl (C=O) groups is 1. The van der Waals surface area contributed by atoms with Crippen molar-refractivity contribution < 1.29 is 19.0 Å². The first-order valence-electron chi connectivity index (χ1n) is 12.9. The molecule has 8 nitrogen and oxygen atoms in total. The van der Waals surface area contributed by atoms with E-state index >= 15 is 0 Å². The number of hydrogen-bond acceptors (Lipinski definition) is 7. The topological polar surface area (TPSA) is 77.0 Å². The molecule has 4 heterocycles. The standard InChI is InChI=1S/C28H35ClN4O4/c1-28(2,3)37-27(34)33-19-7-8-20(33)13-17(12-19)21-10-11-32(4)24-15-23(30-31-26(21)24)22-9-6-18(29)14-25(22)36-16-35-5/h6,9-10,14-15,17,19-20H,7-8,11-13,16H2,1-5H3/t17-,19-,20+. The van der Waals surface area contributed by atoms with Crippen molar-refractivity contribution in [1.29, 1.82) is 0 Å². The summed E-state index contributed by atoms with van der Waals surface area (Å²) in [5.41, 5.74) is 4.23. The van der Waals surface area contributed by atoms with Gasteiger partial charge in [0.05, 0.1) is 11.4 Å². The van der Waals surface area contributed by atoms with Crippen molar-refractivity contribution in [2.75, 3.05) is 32.4 Å². The van der Waals surface area contributed by atoms with E-state index in [1.54, 1.807) is 13.2 Å². The van der Waals surface area contributed by atoms with E-state index in [0.717, 1.165) is 54.9 Å². The Morgan fingerprint density at radius 1 is 1.14 bits per heavy atom. The molecule has 3 aliphatic rings. The second-order valence-corrected chi connectivity index (χ2v) is 11.6. The molecule has 0 spiro atoms. The highest BCUT2D eigenvalue weighted by Gasteiger charge is 2.46. The summed E-state index contributed by atoms with van der Waals surface area (Å²) >= 11 is 6.21. The highest BCUT2D eigenvalue weighted by Crippen LogP contribution is 2.47. The number of allylic oxidation sites excluding steroid dienone is 1. The normalized spacial score (nSPS) is 23.0. The number of methoxy groups -OCH3 is 1. The molecule has 0 aliphatic carbocycles. The van der Waals surface area contributed by atoms with E-state index in [1.165, 1.54) is 5.57 Å². The summed E-state index contributed by atoms with van der Waals surface area (Å²) in [6, 6.07) is 7.95. The average Bonchev–Trinajstić information content (AvgIpc) is 3.12. The van der Waals surface area contributed by atoms with Crippen molar-refractivity contribution in [2.24, 2.45) is 5.92 Å². The van der Waals surface area contributed by atoms with Gasteiger partial charge in [-0.1, -0.05) is 17.7 Å². The second-order valence-electron chi connectivity index (χ2n) is 11.1. The maximum absolute atomic E-state index is 12.9. The summed E-state index contributed by atoms with van der Waals surface area (Å²) in [5, 5.41) is 9.93. The third-order valence-electron chi connectivity index (χ3n) is 7.37. The van der Waals surface area contributed by atoms with Crippen molar-refractivity contribution in [3.8, 4) is 17.0 Å². The number of piperidine rings is 1. The van der Waals surface area contributed by atoms with Gasteiger partial charge in [0.2, 0.25) is 0 Å². The Kier molecular flexibility index (Phi) is 7.07. The number of fused-ring (bicyclic) bond motifs is 3. The van der Waals surface area contributed by atoms with Gasteiger partial charge in [-0.05, 0) is 82.2 Å². The molecule has 9 heteroatoms. The van der Waals surface area contributed by atoms with Crippen molar-refractivity contribution in [3.63, 3.8) is 0 Å². The number of likely N-dealkylation sites (N-methyl/N-ethyl adjacent to an activating group) is 1. The molecule has 3 atom stereocenters. The third kappa shape index (κ3) is 5.27. The smallest absolute Gasteiger partial charge is 0.410 e. The van der Waals surface area contributed by atoms with Crippen LogP contribution in [-0.4, -0.2) is 66.4 Å². The van der Waals surface area contributed by atoms with E-state index in [4.69, 9.17) is 30.9 Å². The number of ether oxygens (including phenoxy) is 3. The summed E-state index contributed by atoms with van der Waals surface area (Å²) in [7, 11) is 3.65. The fraction of sp³-hybridized carbons (Fsp3) is 0.536. The monoisotopic (exact) mass is 526 g/mol. The van der Waals surface area contributed by atoms with Crippen molar-refractivity contribution >= 4 is 29.0 Å². The molecule has 5 rings (SSSR count). The predicted molar refractivity (Wildman–Crippen MR) is 144 cm³/mol. The Morgan fingerprint density at radius 2 is 1.86 bits per heavy atom. The fourth-order valence-corrected chi connectivity index (χ4v) is 5.96. The average molecular weight is 527 g/mol. The van der Waals surface area contributed by atoms with Gasteiger partial charge in [0.25, 0.3) is 0 Å². The molecular weight excluding hydrogens is 492 g/mol. The van der Waals surface area contributed by atoms with E-state index in [1.807, 2.05) is 37.8 Å². The van der Waals surface area contributed by atoms with Crippen LogP contribution in [0, 0.1) is 5.92 Å². The van der Waals surface area contributed by atoms with Crippen molar-refractivity contribution in [3.05, 3.63) is 41.1 Å². The number of nitrogens with zero attached hydrogens (tertiary/aromatic N) is 4. The summed E-state index contributed by atoms with van der Waals surface area (Å²) in [6.07, 6.45) is 5.97. The largest absolute Gasteiger partial charge is 0.467 e.